The highest BCUT2D eigenvalue weighted by Gasteiger charge is 2.61. The van der Waals surface area contributed by atoms with E-state index in [0.29, 0.717) is 29.9 Å². The van der Waals surface area contributed by atoms with Gasteiger partial charge in [0.2, 0.25) is 23.6 Å². The quantitative estimate of drug-likeness (QED) is 0.315. The largest absolute Gasteiger partial charge is 0.479 e. The van der Waals surface area contributed by atoms with Crippen LogP contribution in [0.15, 0.2) is 53.9 Å². The molecule has 3 fully saturated rings. The number of para-hydroxylation sites is 2. The first-order chi connectivity index (χ1) is 23.3. The minimum Gasteiger partial charge on any atom is -0.479 e. The molecule has 2 aliphatic heterocycles. The molecule has 5 atom stereocenters. The Morgan fingerprint density at radius 2 is 1.77 bits per heavy atom. The number of nitrogens with one attached hydrogen (secondary N) is 2. The van der Waals surface area contributed by atoms with Crippen LogP contribution < -0.4 is 15.4 Å². The van der Waals surface area contributed by atoms with Crippen molar-refractivity contribution in [3.05, 3.63) is 53.9 Å². The number of carbonyl (C=O) groups excluding carboxylic acids is 3. The summed E-state index contributed by atoms with van der Waals surface area (Å²) < 4.78 is 6.53. The van der Waals surface area contributed by atoms with Crippen LogP contribution in [0.5, 0.6) is 5.88 Å². The van der Waals surface area contributed by atoms with Crippen molar-refractivity contribution in [2.45, 2.75) is 94.4 Å². The van der Waals surface area contributed by atoms with Crippen molar-refractivity contribution in [2.75, 3.05) is 6.54 Å². The summed E-state index contributed by atoms with van der Waals surface area (Å²) in [5.41, 5.74) is 0.534. The van der Waals surface area contributed by atoms with Crippen LogP contribution in [0.25, 0.3) is 21.6 Å². The predicted molar refractivity (Wildman–Crippen MR) is 180 cm³/mol. The average molecular weight is 672 g/mol. The number of hydrogen-bond acceptors (Lipinski definition) is 8. The third kappa shape index (κ3) is 6.54. The molecule has 48 heavy (non-hydrogen) atoms. The zero-order chi connectivity index (χ0) is 33.3. The number of carboxylic acids is 1. The predicted octanol–water partition coefficient (Wildman–Crippen LogP) is 4.86. The lowest BCUT2D eigenvalue weighted by atomic mass is 10.0. The Labute approximate surface area is 283 Å². The van der Waals surface area contributed by atoms with Crippen LogP contribution in [0.2, 0.25) is 0 Å². The summed E-state index contributed by atoms with van der Waals surface area (Å²) in [5.74, 6) is -2.21. The molecule has 0 radical (unpaired) electrons. The van der Waals surface area contributed by atoms with Gasteiger partial charge in [-0.1, -0.05) is 56.0 Å². The number of carboxylic acid groups (broad SMARTS) is 1. The zero-order valence-corrected chi connectivity index (χ0v) is 27.6. The molecule has 2 aliphatic carbocycles. The lowest BCUT2D eigenvalue weighted by molar-refractivity contribution is -0.146. The minimum atomic E-state index is -1.41. The Balaban J connectivity index is 1.20. The van der Waals surface area contributed by atoms with Gasteiger partial charge in [-0.25, -0.2) is 14.8 Å². The number of thiophene rings is 1. The van der Waals surface area contributed by atoms with Crippen molar-refractivity contribution in [2.24, 2.45) is 11.8 Å². The SMILES string of the molecule is O=C(N[C@H]1CCCCC/C=C\C2CC2(C(=O)O)NC(=O)C2C[C@@H](Oc3nc4ccccc4nc3-c3cccs3)CN2C1=O)C1CCCC1. The topological polar surface area (TPSA) is 151 Å². The molecular weight excluding hydrogens is 630 g/mol. The van der Waals surface area contributed by atoms with Crippen LogP contribution in [0.4, 0.5) is 0 Å². The highest BCUT2D eigenvalue weighted by molar-refractivity contribution is 7.13. The molecule has 252 valence electrons. The molecule has 0 bridgehead atoms. The number of benzene rings is 1. The van der Waals surface area contributed by atoms with E-state index in [9.17, 15) is 24.3 Å². The zero-order valence-electron chi connectivity index (χ0n) is 26.8. The summed E-state index contributed by atoms with van der Waals surface area (Å²) in [6.07, 6.45) is 11.0. The van der Waals surface area contributed by atoms with E-state index in [-0.39, 0.29) is 36.6 Å². The number of amides is 3. The molecule has 1 aromatic carbocycles. The Bertz CT molecular complexity index is 1720. The van der Waals surface area contributed by atoms with Gasteiger partial charge in [0.25, 0.3) is 0 Å². The van der Waals surface area contributed by atoms with Gasteiger partial charge in [0.15, 0.2) is 0 Å². The molecule has 4 heterocycles. The first-order valence-corrected chi connectivity index (χ1v) is 18.0. The summed E-state index contributed by atoms with van der Waals surface area (Å²) in [6.45, 7) is 0.0779. The van der Waals surface area contributed by atoms with E-state index >= 15 is 0 Å². The van der Waals surface area contributed by atoms with Crippen molar-refractivity contribution in [3.8, 4) is 16.5 Å². The summed E-state index contributed by atoms with van der Waals surface area (Å²) in [6, 6.07) is 9.59. The van der Waals surface area contributed by atoms with Crippen LogP contribution in [0.1, 0.15) is 70.6 Å². The maximum Gasteiger partial charge on any atom is 0.330 e. The fourth-order valence-electron chi connectivity index (χ4n) is 7.42. The molecular formula is C36H41N5O6S. The average Bonchev–Trinajstić information content (AvgIpc) is 3.60. The third-order valence-electron chi connectivity index (χ3n) is 10.2. The first kappa shape index (κ1) is 32.2. The van der Waals surface area contributed by atoms with Gasteiger partial charge < -0.3 is 25.4 Å². The second-order valence-corrected chi connectivity index (χ2v) is 14.5. The Kier molecular flexibility index (Phi) is 9.17. The van der Waals surface area contributed by atoms with Crippen LogP contribution >= 0.6 is 11.3 Å². The van der Waals surface area contributed by atoms with E-state index < -0.39 is 35.6 Å². The smallest absolute Gasteiger partial charge is 0.330 e. The van der Waals surface area contributed by atoms with Gasteiger partial charge in [-0.15, -0.1) is 11.3 Å². The Hall–Kier alpha value is -4.32. The van der Waals surface area contributed by atoms with Gasteiger partial charge in [-0.05, 0) is 62.1 Å². The number of hydrogen-bond donors (Lipinski definition) is 3. The van der Waals surface area contributed by atoms with Crippen molar-refractivity contribution >= 4 is 46.1 Å². The fourth-order valence-corrected chi connectivity index (χ4v) is 8.13. The normalized spacial score (nSPS) is 28.9. The van der Waals surface area contributed by atoms with E-state index in [1.807, 2.05) is 53.9 Å². The molecule has 1 saturated heterocycles. The summed E-state index contributed by atoms with van der Waals surface area (Å²) in [7, 11) is 0. The van der Waals surface area contributed by atoms with Crippen LogP contribution in [0.3, 0.4) is 0 Å². The van der Waals surface area contributed by atoms with Crippen LogP contribution in [-0.2, 0) is 19.2 Å². The van der Waals surface area contributed by atoms with Gasteiger partial charge in [-0.3, -0.25) is 14.4 Å². The number of aliphatic carboxylic acids is 1. The van der Waals surface area contributed by atoms with Gasteiger partial charge in [0.1, 0.15) is 29.4 Å². The second-order valence-electron chi connectivity index (χ2n) is 13.5. The number of ether oxygens (including phenoxy) is 1. The number of rotatable bonds is 6. The number of fused-ring (bicyclic) bond motifs is 3. The van der Waals surface area contributed by atoms with Crippen LogP contribution in [-0.4, -0.2) is 73.9 Å². The maximum atomic E-state index is 14.4. The lowest BCUT2D eigenvalue weighted by Gasteiger charge is -2.30. The van der Waals surface area contributed by atoms with E-state index in [0.717, 1.165) is 61.8 Å². The van der Waals surface area contributed by atoms with Gasteiger partial charge >= 0.3 is 5.97 Å². The van der Waals surface area contributed by atoms with Crippen molar-refractivity contribution < 1.29 is 29.0 Å². The molecule has 12 heteroatoms. The van der Waals surface area contributed by atoms with E-state index in [1.165, 1.54) is 16.2 Å². The molecule has 3 N–H and O–H groups in total. The molecule has 2 saturated carbocycles. The number of aromatic nitrogens is 2. The summed E-state index contributed by atoms with van der Waals surface area (Å²) in [5, 5.41) is 18.0. The Morgan fingerprint density at radius 3 is 2.52 bits per heavy atom. The molecule has 4 aliphatic rings. The molecule has 3 unspecified atom stereocenters. The van der Waals surface area contributed by atoms with Gasteiger partial charge in [-0.2, -0.15) is 0 Å². The third-order valence-corrected chi connectivity index (χ3v) is 11.1. The number of carbonyl (C=O) groups is 4. The van der Waals surface area contributed by atoms with E-state index in [4.69, 9.17) is 14.7 Å². The Morgan fingerprint density at radius 1 is 1.00 bits per heavy atom. The second kappa shape index (κ2) is 13.7. The molecule has 3 aromatic rings. The van der Waals surface area contributed by atoms with Crippen molar-refractivity contribution in [1.29, 1.82) is 0 Å². The number of allylic oxidation sites excluding steroid dienone is 1. The molecule has 7 rings (SSSR count). The van der Waals surface area contributed by atoms with E-state index in [1.54, 1.807) is 0 Å². The molecule has 2 aromatic heterocycles. The van der Waals surface area contributed by atoms with E-state index in [2.05, 4.69) is 10.6 Å². The summed E-state index contributed by atoms with van der Waals surface area (Å²) >= 11 is 1.51. The number of nitrogens with zero attached hydrogens (tertiary/aromatic N) is 3. The van der Waals surface area contributed by atoms with Gasteiger partial charge in [0.05, 0.1) is 22.5 Å². The minimum absolute atomic E-state index is 0.0779. The summed E-state index contributed by atoms with van der Waals surface area (Å²) in [4.78, 5) is 66.2. The highest BCUT2D eigenvalue weighted by Crippen LogP contribution is 2.45. The fraction of sp³-hybridized carbons (Fsp3) is 0.500. The molecule has 11 nitrogen and oxygen atoms in total. The van der Waals surface area contributed by atoms with Crippen LogP contribution in [0, 0.1) is 11.8 Å². The monoisotopic (exact) mass is 671 g/mol. The standard InChI is InChI=1S/C36H41N5O6S/c42-31(22-11-6-7-12-22)38-27-16-5-3-1-2-4-13-23-20-36(23,35(45)46)40-32(43)28-19-24(21-41(28)34(27)44)47-33-30(29-17-10-18-48-29)37-25-14-8-9-15-26(25)39-33/h4,8-10,13-15,17-18,22-24,27-28H,1-3,5-7,11-12,16,19-21H2,(H,38,42)(H,40,43)(H,45,46)/b13-4-/t23?,24-,27+,28?,36?/m1/s1. The maximum absolute atomic E-state index is 14.4. The lowest BCUT2D eigenvalue weighted by Crippen LogP contribution is -2.56. The van der Waals surface area contributed by atoms with Gasteiger partial charge in [0, 0.05) is 18.3 Å². The van der Waals surface area contributed by atoms with Crippen molar-refractivity contribution in [1.82, 2.24) is 25.5 Å². The molecule has 0 spiro atoms. The highest BCUT2D eigenvalue weighted by atomic mass is 32.1. The first-order valence-electron chi connectivity index (χ1n) is 17.1. The molecule has 3 amide bonds. The van der Waals surface area contributed by atoms with Crippen molar-refractivity contribution in [3.63, 3.8) is 0 Å².